The Bertz CT molecular complexity index is 195. The monoisotopic (exact) mass is 172 g/mol. The molecular formula is C8H12O4. The first-order chi connectivity index (χ1) is 5.57. The zero-order valence-electron chi connectivity index (χ0n) is 7.25. The second-order valence-corrected chi connectivity index (χ2v) is 2.44. The highest BCUT2D eigenvalue weighted by Gasteiger charge is 2.12. The lowest BCUT2D eigenvalue weighted by atomic mass is 10.1. The fourth-order valence-electron chi connectivity index (χ4n) is 0.608. The fourth-order valence-corrected chi connectivity index (χ4v) is 0.608. The number of rotatable bonds is 6. The molecule has 0 radical (unpaired) electrons. The second kappa shape index (κ2) is 5.60. The van der Waals surface area contributed by atoms with Gasteiger partial charge >= 0.3 is 0 Å². The van der Waals surface area contributed by atoms with Crippen LogP contribution in [-0.2, 0) is 19.1 Å². The highest BCUT2D eigenvalue weighted by atomic mass is 16.5. The summed E-state index contributed by atoms with van der Waals surface area (Å²) in [4.78, 5) is 32.0. The number of hydrogen-bond acceptors (Lipinski definition) is 4. The first-order valence-corrected chi connectivity index (χ1v) is 3.62. The van der Waals surface area contributed by atoms with Crippen LogP contribution in [0, 0.1) is 0 Å². The Morgan fingerprint density at radius 1 is 1.25 bits per heavy atom. The Morgan fingerprint density at radius 3 is 2.25 bits per heavy atom. The number of ether oxygens (including phenoxy) is 1. The van der Waals surface area contributed by atoms with E-state index in [9.17, 15) is 14.4 Å². The number of carbonyl (C=O) groups is 3. The predicted molar refractivity (Wildman–Crippen MR) is 41.8 cm³/mol. The Hall–Kier alpha value is -1.03. The summed E-state index contributed by atoms with van der Waals surface area (Å²) in [6.07, 6.45) is -0.103. The standard InChI is InChI=1S/C8H12O4/c1-6(9)8(11)5-7(10)3-4-12-2/h3-5H2,1-2H3. The van der Waals surface area contributed by atoms with Gasteiger partial charge in [-0.2, -0.15) is 0 Å². The third-order valence-corrected chi connectivity index (χ3v) is 1.34. The van der Waals surface area contributed by atoms with Gasteiger partial charge in [-0.15, -0.1) is 0 Å². The third-order valence-electron chi connectivity index (χ3n) is 1.34. The van der Waals surface area contributed by atoms with Crippen LogP contribution in [-0.4, -0.2) is 31.1 Å². The van der Waals surface area contributed by atoms with Gasteiger partial charge in [0.25, 0.3) is 0 Å². The second-order valence-electron chi connectivity index (χ2n) is 2.44. The largest absolute Gasteiger partial charge is 0.384 e. The summed E-state index contributed by atoms with van der Waals surface area (Å²) in [7, 11) is 1.47. The number of ketones is 3. The molecule has 0 spiro atoms. The predicted octanol–water partition coefficient (Wildman–Crippen LogP) is 0.140. The van der Waals surface area contributed by atoms with Crippen LogP contribution >= 0.6 is 0 Å². The van der Waals surface area contributed by atoms with Gasteiger partial charge in [0.15, 0.2) is 5.78 Å². The van der Waals surface area contributed by atoms with Gasteiger partial charge in [0.2, 0.25) is 5.78 Å². The molecular weight excluding hydrogens is 160 g/mol. The summed E-state index contributed by atoms with van der Waals surface area (Å²) in [6, 6.07) is 0. The molecule has 0 aliphatic carbocycles. The Morgan fingerprint density at radius 2 is 1.83 bits per heavy atom. The highest BCUT2D eigenvalue weighted by Crippen LogP contribution is 1.92. The van der Waals surface area contributed by atoms with E-state index >= 15 is 0 Å². The molecule has 0 unspecified atom stereocenters. The van der Waals surface area contributed by atoms with Crippen LogP contribution in [0.3, 0.4) is 0 Å². The molecule has 0 amide bonds. The van der Waals surface area contributed by atoms with E-state index in [0.29, 0.717) is 6.61 Å². The molecule has 0 atom stereocenters. The topological polar surface area (TPSA) is 60.4 Å². The van der Waals surface area contributed by atoms with Gasteiger partial charge in [-0.1, -0.05) is 0 Å². The van der Waals surface area contributed by atoms with Crippen molar-refractivity contribution in [2.75, 3.05) is 13.7 Å². The first-order valence-electron chi connectivity index (χ1n) is 3.62. The average molecular weight is 172 g/mol. The summed E-state index contributed by atoms with van der Waals surface area (Å²) in [5.41, 5.74) is 0. The maximum absolute atomic E-state index is 10.9. The van der Waals surface area contributed by atoms with E-state index in [1.54, 1.807) is 0 Å². The molecule has 0 aliphatic rings. The minimum absolute atomic E-state index is 0.190. The van der Waals surface area contributed by atoms with Crippen LogP contribution in [0.2, 0.25) is 0 Å². The number of Topliss-reactive ketones (excluding diaryl/α,β-unsaturated/α-hetero) is 3. The summed E-state index contributed by atoms with van der Waals surface area (Å²) in [5.74, 6) is -1.45. The highest BCUT2D eigenvalue weighted by molar-refractivity contribution is 6.39. The SMILES string of the molecule is COCCC(=O)CC(=O)C(C)=O. The van der Waals surface area contributed by atoms with Gasteiger partial charge in [0.1, 0.15) is 5.78 Å². The third kappa shape index (κ3) is 4.73. The van der Waals surface area contributed by atoms with Crippen LogP contribution in [0.5, 0.6) is 0 Å². The van der Waals surface area contributed by atoms with Crippen molar-refractivity contribution < 1.29 is 19.1 Å². The molecule has 0 fully saturated rings. The molecule has 0 bridgehead atoms. The van der Waals surface area contributed by atoms with Crippen LogP contribution in [0.4, 0.5) is 0 Å². The molecule has 0 saturated heterocycles. The molecule has 68 valence electrons. The molecule has 4 nitrogen and oxygen atoms in total. The van der Waals surface area contributed by atoms with Gasteiger partial charge in [-0.3, -0.25) is 14.4 Å². The number of hydrogen-bond donors (Lipinski definition) is 0. The van der Waals surface area contributed by atoms with Crippen molar-refractivity contribution in [2.24, 2.45) is 0 Å². The van der Waals surface area contributed by atoms with E-state index < -0.39 is 11.6 Å². The zero-order chi connectivity index (χ0) is 9.56. The van der Waals surface area contributed by atoms with E-state index in [-0.39, 0.29) is 18.6 Å². The van der Waals surface area contributed by atoms with E-state index in [2.05, 4.69) is 4.74 Å². The molecule has 12 heavy (non-hydrogen) atoms. The van der Waals surface area contributed by atoms with Crippen LogP contribution in [0.25, 0.3) is 0 Å². The van der Waals surface area contributed by atoms with Crippen molar-refractivity contribution in [1.82, 2.24) is 0 Å². The summed E-state index contributed by atoms with van der Waals surface area (Å²) in [6.45, 7) is 1.45. The van der Waals surface area contributed by atoms with Crippen LogP contribution in [0.15, 0.2) is 0 Å². The Kier molecular flexibility index (Phi) is 5.12. The van der Waals surface area contributed by atoms with Gasteiger partial charge in [0.05, 0.1) is 13.0 Å². The van der Waals surface area contributed by atoms with Gasteiger partial charge in [0, 0.05) is 20.5 Å². The van der Waals surface area contributed by atoms with Crippen molar-refractivity contribution in [2.45, 2.75) is 19.8 Å². The van der Waals surface area contributed by atoms with Crippen molar-refractivity contribution in [1.29, 1.82) is 0 Å². The maximum Gasteiger partial charge on any atom is 0.205 e. The fraction of sp³-hybridized carbons (Fsp3) is 0.625. The van der Waals surface area contributed by atoms with Gasteiger partial charge < -0.3 is 4.74 Å². The lowest BCUT2D eigenvalue weighted by Gasteiger charge is -1.96. The minimum Gasteiger partial charge on any atom is -0.384 e. The van der Waals surface area contributed by atoms with Crippen LogP contribution < -0.4 is 0 Å². The van der Waals surface area contributed by atoms with E-state index in [0.717, 1.165) is 6.92 Å². The molecule has 0 rings (SSSR count). The molecule has 0 aliphatic heterocycles. The van der Waals surface area contributed by atoms with Crippen LogP contribution in [0.1, 0.15) is 19.8 Å². The number of carbonyl (C=O) groups excluding carboxylic acids is 3. The van der Waals surface area contributed by atoms with Crippen molar-refractivity contribution in [3.05, 3.63) is 0 Å². The van der Waals surface area contributed by atoms with Crippen molar-refractivity contribution in [3.8, 4) is 0 Å². The summed E-state index contributed by atoms with van der Waals surface area (Å²) < 4.78 is 4.64. The number of methoxy groups -OCH3 is 1. The molecule has 0 N–H and O–H groups in total. The lowest BCUT2D eigenvalue weighted by molar-refractivity contribution is -0.137. The quantitative estimate of drug-likeness (QED) is 0.422. The Labute approximate surface area is 70.9 Å². The van der Waals surface area contributed by atoms with Crippen molar-refractivity contribution in [3.63, 3.8) is 0 Å². The maximum atomic E-state index is 10.9. The van der Waals surface area contributed by atoms with E-state index in [1.165, 1.54) is 7.11 Å². The normalized spacial score (nSPS) is 9.50. The minimum atomic E-state index is -0.629. The van der Waals surface area contributed by atoms with Gasteiger partial charge in [-0.25, -0.2) is 0 Å². The molecule has 0 aromatic carbocycles. The summed E-state index contributed by atoms with van der Waals surface area (Å²) >= 11 is 0. The molecule has 0 aromatic rings. The smallest absolute Gasteiger partial charge is 0.205 e. The van der Waals surface area contributed by atoms with Gasteiger partial charge in [-0.05, 0) is 0 Å². The first kappa shape index (κ1) is 11.0. The lowest BCUT2D eigenvalue weighted by Crippen LogP contribution is -2.15. The molecule has 4 heteroatoms. The van der Waals surface area contributed by atoms with E-state index in [1.807, 2.05) is 0 Å². The summed E-state index contributed by atoms with van der Waals surface area (Å²) in [5, 5.41) is 0. The molecule has 0 heterocycles. The average Bonchev–Trinajstić information content (AvgIpc) is 2.00. The molecule has 0 aromatic heterocycles. The Balaban J connectivity index is 3.69. The van der Waals surface area contributed by atoms with Crippen molar-refractivity contribution >= 4 is 17.3 Å². The zero-order valence-corrected chi connectivity index (χ0v) is 7.25. The van der Waals surface area contributed by atoms with E-state index in [4.69, 9.17) is 0 Å². The molecule has 0 saturated carbocycles.